The Kier molecular flexibility index (Phi) is 9.02. The number of benzene rings is 1. The van der Waals surface area contributed by atoms with E-state index in [1.165, 1.54) is 19.5 Å². The predicted octanol–water partition coefficient (Wildman–Crippen LogP) is 1.91. The van der Waals surface area contributed by atoms with Crippen molar-refractivity contribution in [2.45, 2.75) is 19.7 Å². The van der Waals surface area contributed by atoms with Crippen molar-refractivity contribution < 1.29 is 18.3 Å². The molecule has 0 aliphatic heterocycles. The van der Waals surface area contributed by atoms with Crippen LogP contribution in [-0.2, 0) is 20.1 Å². The van der Waals surface area contributed by atoms with Crippen LogP contribution in [0.15, 0.2) is 29.5 Å². The lowest BCUT2D eigenvalue weighted by molar-refractivity contribution is -0.0505. The highest BCUT2D eigenvalue weighted by molar-refractivity contribution is 14.0. The third-order valence-corrected chi connectivity index (χ3v) is 3.38. The second-order valence-corrected chi connectivity index (χ2v) is 4.93. The molecule has 2 aromatic rings. The molecule has 144 valence electrons. The molecule has 1 aromatic carbocycles. The first-order chi connectivity index (χ1) is 12.0. The largest absolute Gasteiger partial charge is 0.497 e. The molecule has 2 rings (SSSR count). The standard InChI is InChI=1S/C15H20F2N6O2.HI/c1-18-15(20-8-13-21-9-22-23(13)2)19-7-10-4-5-11(24-3)6-12(10)25-14(16)17;/h4-6,9,14H,7-8H2,1-3H3,(H2,18,19,20);1H. The maximum atomic E-state index is 12.6. The number of nitrogens with zero attached hydrogens (tertiary/aromatic N) is 4. The average molecular weight is 482 g/mol. The van der Waals surface area contributed by atoms with Crippen LogP contribution in [0.25, 0.3) is 0 Å². The van der Waals surface area contributed by atoms with Crippen LogP contribution in [0.4, 0.5) is 8.78 Å². The lowest BCUT2D eigenvalue weighted by Crippen LogP contribution is -2.37. The van der Waals surface area contributed by atoms with Gasteiger partial charge < -0.3 is 20.1 Å². The van der Waals surface area contributed by atoms with Crippen molar-refractivity contribution in [1.29, 1.82) is 0 Å². The summed E-state index contributed by atoms with van der Waals surface area (Å²) in [5, 5.41) is 10.1. The van der Waals surface area contributed by atoms with Crippen molar-refractivity contribution >= 4 is 29.9 Å². The normalized spacial score (nSPS) is 11.1. The topological polar surface area (TPSA) is 85.6 Å². The number of ether oxygens (including phenoxy) is 2. The minimum Gasteiger partial charge on any atom is -0.497 e. The summed E-state index contributed by atoms with van der Waals surface area (Å²) in [7, 11) is 4.85. The zero-order chi connectivity index (χ0) is 18.2. The third-order valence-electron chi connectivity index (χ3n) is 3.38. The van der Waals surface area contributed by atoms with Crippen molar-refractivity contribution in [2.75, 3.05) is 14.2 Å². The van der Waals surface area contributed by atoms with Crippen LogP contribution in [0.1, 0.15) is 11.4 Å². The second-order valence-electron chi connectivity index (χ2n) is 4.93. The first kappa shape index (κ1) is 21.9. The Labute approximate surface area is 167 Å². The van der Waals surface area contributed by atoms with Gasteiger partial charge in [-0.05, 0) is 12.1 Å². The number of aromatic nitrogens is 3. The molecule has 0 amide bonds. The van der Waals surface area contributed by atoms with Crippen LogP contribution in [0.3, 0.4) is 0 Å². The summed E-state index contributed by atoms with van der Waals surface area (Å²) in [4.78, 5) is 8.18. The maximum absolute atomic E-state index is 12.6. The molecule has 0 atom stereocenters. The molecule has 1 aromatic heterocycles. The van der Waals surface area contributed by atoms with Crippen molar-refractivity contribution in [3.63, 3.8) is 0 Å². The van der Waals surface area contributed by atoms with Gasteiger partial charge in [0.2, 0.25) is 0 Å². The van der Waals surface area contributed by atoms with Crippen LogP contribution in [0.2, 0.25) is 0 Å². The van der Waals surface area contributed by atoms with E-state index in [0.29, 0.717) is 23.8 Å². The molecule has 0 aliphatic rings. The molecule has 1 heterocycles. The number of aliphatic imine (C=N–C) groups is 1. The van der Waals surface area contributed by atoms with E-state index in [-0.39, 0.29) is 36.3 Å². The number of hydrogen-bond acceptors (Lipinski definition) is 5. The van der Waals surface area contributed by atoms with Gasteiger partial charge in [0, 0.05) is 32.3 Å². The quantitative estimate of drug-likeness (QED) is 0.357. The molecule has 0 saturated carbocycles. The van der Waals surface area contributed by atoms with Gasteiger partial charge >= 0.3 is 6.61 Å². The first-order valence-electron chi connectivity index (χ1n) is 7.42. The van der Waals surface area contributed by atoms with E-state index < -0.39 is 6.61 Å². The van der Waals surface area contributed by atoms with E-state index in [9.17, 15) is 8.78 Å². The van der Waals surface area contributed by atoms with Gasteiger partial charge in [0.1, 0.15) is 23.7 Å². The number of alkyl halides is 2. The van der Waals surface area contributed by atoms with E-state index in [1.54, 1.807) is 30.9 Å². The van der Waals surface area contributed by atoms with Gasteiger partial charge in [-0.15, -0.1) is 24.0 Å². The maximum Gasteiger partial charge on any atom is 0.387 e. The molecule has 0 unspecified atom stereocenters. The number of aryl methyl sites for hydroxylation is 1. The van der Waals surface area contributed by atoms with E-state index >= 15 is 0 Å². The van der Waals surface area contributed by atoms with E-state index in [1.807, 2.05) is 0 Å². The highest BCUT2D eigenvalue weighted by atomic mass is 127. The monoisotopic (exact) mass is 482 g/mol. The fraction of sp³-hybridized carbons (Fsp3) is 0.400. The molecule has 8 nitrogen and oxygen atoms in total. The van der Waals surface area contributed by atoms with Gasteiger partial charge in [-0.2, -0.15) is 13.9 Å². The second kappa shape index (κ2) is 10.7. The van der Waals surface area contributed by atoms with Crippen molar-refractivity contribution in [3.8, 4) is 11.5 Å². The van der Waals surface area contributed by atoms with Crippen LogP contribution in [0.5, 0.6) is 11.5 Å². The molecular weight excluding hydrogens is 461 g/mol. The number of methoxy groups -OCH3 is 1. The number of halogens is 3. The molecule has 0 bridgehead atoms. The van der Waals surface area contributed by atoms with Gasteiger partial charge in [-0.25, -0.2) is 4.98 Å². The Morgan fingerprint density at radius 1 is 1.31 bits per heavy atom. The lowest BCUT2D eigenvalue weighted by atomic mass is 10.2. The fourth-order valence-electron chi connectivity index (χ4n) is 2.06. The number of rotatable bonds is 7. The zero-order valence-corrected chi connectivity index (χ0v) is 16.9. The van der Waals surface area contributed by atoms with Crippen LogP contribution < -0.4 is 20.1 Å². The Hall–Kier alpha value is -2.18. The van der Waals surface area contributed by atoms with E-state index in [0.717, 1.165) is 5.82 Å². The van der Waals surface area contributed by atoms with Crippen LogP contribution >= 0.6 is 24.0 Å². The highest BCUT2D eigenvalue weighted by Crippen LogP contribution is 2.26. The minimum atomic E-state index is -2.92. The summed E-state index contributed by atoms with van der Waals surface area (Å²) in [6, 6.07) is 4.74. The van der Waals surface area contributed by atoms with Gasteiger partial charge in [0.25, 0.3) is 0 Å². The SMILES string of the molecule is CN=C(NCc1ccc(OC)cc1OC(F)F)NCc1ncnn1C.I. The molecule has 11 heteroatoms. The summed E-state index contributed by atoms with van der Waals surface area (Å²) >= 11 is 0. The number of guanidine groups is 1. The fourth-order valence-corrected chi connectivity index (χ4v) is 2.06. The van der Waals surface area contributed by atoms with Gasteiger partial charge in [0.15, 0.2) is 5.96 Å². The van der Waals surface area contributed by atoms with Crippen molar-refractivity contribution in [2.24, 2.45) is 12.0 Å². The molecule has 0 fully saturated rings. The Balaban J connectivity index is 0.00000338. The number of hydrogen-bond donors (Lipinski definition) is 2. The van der Waals surface area contributed by atoms with E-state index in [2.05, 4.69) is 30.4 Å². The first-order valence-corrected chi connectivity index (χ1v) is 7.42. The zero-order valence-electron chi connectivity index (χ0n) is 14.6. The van der Waals surface area contributed by atoms with Crippen molar-refractivity contribution in [3.05, 3.63) is 35.9 Å². The molecule has 0 spiro atoms. The number of nitrogens with one attached hydrogen (secondary N) is 2. The van der Waals surface area contributed by atoms with Gasteiger partial charge in [-0.1, -0.05) is 0 Å². The smallest absolute Gasteiger partial charge is 0.387 e. The van der Waals surface area contributed by atoms with Gasteiger partial charge in [-0.3, -0.25) is 9.67 Å². The lowest BCUT2D eigenvalue weighted by Gasteiger charge is -2.15. The van der Waals surface area contributed by atoms with E-state index in [4.69, 9.17) is 4.74 Å². The van der Waals surface area contributed by atoms with Crippen molar-refractivity contribution in [1.82, 2.24) is 25.4 Å². The minimum absolute atomic E-state index is 0. The molecular formula is C15H21F2IN6O2. The summed E-state index contributed by atoms with van der Waals surface area (Å²) in [6.07, 6.45) is 1.46. The third kappa shape index (κ3) is 6.28. The predicted molar refractivity (Wildman–Crippen MR) is 103 cm³/mol. The highest BCUT2D eigenvalue weighted by Gasteiger charge is 2.12. The Bertz CT molecular complexity index is 726. The van der Waals surface area contributed by atoms with Gasteiger partial charge in [0.05, 0.1) is 13.7 Å². The summed E-state index contributed by atoms with van der Waals surface area (Å²) in [5.41, 5.74) is 0.544. The molecule has 0 saturated heterocycles. The van der Waals surface area contributed by atoms with Crippen LogP contribution in [0, 0.1) is 0 Å². The molecule has 2 N–H and O–H groups in total. The summed E-state index contributed by atoms with van der Waals surface area (Å²) < 4.78 is 36.4. The molecule has 26 heavy (non-hydrogen) atoms. The Morgan fingerprint density at radius 2 is 2.04 bits per heavy atom. The molecule has 0 aliphatic carbocycles. The van der Waals surface area contributed by atoms with Crippen LogP contribution in [-0.4, -0.2) is 41.5 Å². The molecule has 0 radical (unpaired) electrons. The summed E-state index contributed by atoms with van der Waals surface area (Å²) in [6.45, 7) is -2.26. The Morgan fingerprint density at radius 3 is 2.62 bits per heavy atom. The summed E-state index contributed by atoms with van der Waals surface area (Å²) in [5.74, 6) is 1.70. The average Bonchev–Trinajstić information content (AvgIpc) is 3.00.